The van der Waals surface area contributed by atoms with E-state index < -0.39 is 0 Å². The normalized spacial score (nSPS) is 11.4. The second-order valence-electron chi connectivity index (χ2n) is 6.38. The number of hydrazone groups is 1. The lowest BCUT2D eigenvalue weighted by Gasteiger charge is -2.09. The number of hydrogen-bond donors (Lipinski definition) is 2. The van der Waals surface area contributed by atoms with Crippen LogP contribution in [0.1, 0.15) is 11.3 Å². The van der Waals surface area contributed by atoms with Crippen molar-refractivity contribution in [2.45, 2.75) is 6.92 Å². The molecule has 4 rings (SSSR count). The van der Waals surface area contributed by atoms with Gasteiger partial charge in [-0.05, 0) is 30.5 Å². The summed E-state index contributed by atoms with van der Waals surface area (Å²) in [5.74, 6) is 0.339. The highest BCUT2D eigenvalue weighted by molar-refractivity contribution is 9.10. The van der Waals surface area contributed by atoms with Gasteiger partial charge in [-0.15, -0.1) is 0 Å². The number of amides is 1. The van der Waals surface area contributed by atoms with Gasteiger partial charge in [0, 0.05) is 32.0 Å². The zero-order chi connectivity index (χ0) is 19.5. The van der Waals surface area contributed by atoms with Crippen molar-refractivity contribution < 1.29 is 9.53 Å². The van der Waals surface area contributed by atoms with Crippen LogP contribution in [0.15, 0.2) is 70.2 Å². The van der Waals surface area contributed by atoms with Crippen LogP contribution in [-0.4, -0.2) is 23.7 Å². The van der Waals surface area contributed by atoms with Crippen LogP contribution >= 0.6 is 15.9 Å². The number of benzene rings is 3. The number of aryl methyl sites for hydroxylation is 1. The van der Waals surface area contributed by atoms with Gasteiger partial charge < -0.3 is 9.72 Å². The van der Waals surface area contributed by atoms with Gasteiger partial charge in [-0.2, -0.15) is 5.10 Å². The number of halogens is 1. The van der Waals surface area contributed by atoms with Crippen LogP contribution in [0, 0.1) is 6.92 Å². The zero-order valence-corrected chi connectivity index (χ0v) is 16.8. The van der Waals surface area contributed by atoms with Crippen molar-refractivity contribution in [3.8, 4) is 5.75 Å². The van der Waals surface area contributed by atoms with Crippen LogP contribution in [0.5, 0.6) is 5.75 Å². The monoisotopic (exact) mass is 435 g/mol. The van der Waals surface area contributed by atoms with Crippen molar-refractivity contribution in [3.63, 3.8) is 0 Å². The summed E-state index contributed by atoms with van der Waals surface area (Å²) in [6, 6.07) is 19.6. The Morgan fingerprint density at radius 3 is 2.61 bits per heavy atom. The highest BCUT2D eigenvalue weighted by atomic mass is 79.9. The predicted octanol–water partition coefficient (Wildman–Crippen LogP) is 4.92. The Kier molecular flexibility index (Phi) is 5.12. The highest BCUT2D eigenvalue weighted by Gasteiger charge is 2.08. The van der Waals surface area contributed by atoms with E-state index in [4.69, 9.17) is 4.74 Å². The molecule has 1 aromatic heterocycles. The minimum atomic E-state index is -0.319. The molecular weight excluding hydrogens is 418 g/mol. The van der Waals surface area contributed by atoms with Crippen LogP contribution in [0.4, 0.5) is 0 Å². The summed E-state index contributed by atoms with van der Waals surface area (Å²) >= 11 is 3.53. The minimum Gasteiger partial charge on any atom is -0.483 e. The number of rotatable bonds is 5. The maximum Gasteiger partial charge on any atom is 0.277 e. The van der Waals surface area contributed by atoms with E-state index in [0.717, 1.165) is 37.4 Å². The molecule has 0 fully saturated rings. The van der Waals surface area contributed by atoms with Gasteiger partial charge >= 0.3 is 0 Å². The van der Waals surface area contributed by atoms with Crippen molar-refractivity contribution in [3.05, 3.63) is 76.4 Å². The molecule has 0 aliphatic rings. The SMILES string of the molecule is Cc1[nH]c2ccccc2c1/C=N\NC(=O)COc1ccc(Br)c2ccccc12. The average Bonchev–Trinajstić information content (AvgIpc) is 3.03. The maximum atomic E-state index is 12.1. The number of aromatic amines is 1. The lowest BCUT2D eigenvalue weighted by atomic mass is 10.1. The Bertz CT molecular complexity index is 1200. The summed E-state index contributed by atoms with van der Waals surface area (Å²) in [7, 11) is 0. The van der Waals surface area contributed by atoms with Crippen LogP contribution in [0.2, 0.25) is 0 Å². The largest absolute Gasteiger partial charge is 0.483 e. The molecule has 0 unspecified atom stereocenters. The van der Waals surface area contributed by atoms with E-state index in [1.165, 1.54) is 0 Å². The first kappa shape index (κ1) is 18.3. The van der Waals surface area contributed by atoms with E-state index in [2.05, 4.69) is 31.4 Å². The van der Waals surface area contributed by atoms with E-state index in [9.17, 15) is 4.79 Å². The van der Waals surface area contributed by atoms with Gasteiger partial charge in [-0.1, -0.05) is 58.4 Å². The van der Waals surface area contributed by atoms with Crippen molar-refractivity contribution in [2.24, 2.45) is 5.10 Å². The molecule has 1 amide bonds. The maximum absolute atomic E-state index is 12.1. The van der Waals surface area contributed by atoms with E-state index >= 15 is 0 Å². The molecule has 28 heavy (non-hydrogen) atoms. The van der Waals surface area contributed by atoms with Crippen LogP contribution in [-0.2, 0) is 4.79 Å². The van der Waals surface area contributed by atoms with Crippen molar-refractivity contribution in [1.29, 1.82) is 0 Å². The smallest absolute Gasteiger partial charge is 0.277 e. The van der Waals surface area contributed by atoms with E-state index in [-0.39, 0.29) is 12.5 Å². The molecule has 2 N–H and O–H groups in total. The lowest BCUT2D eigenvalue weighted by molar-refractivity contribution is -0.123. The Hall–Kier alpha value is -3.12. The standard InChI is InChI=1S/C22H18BrN3O2/c1-14-18(16-7-4-5-9-20(16)25-14)12-24-26-22(27)13-28-21-11-10-19(23)15-6-2-3-8-17(15)21/h2-12,25H,13H2,1H3,(H,26,27)/b24-12-. The van der Waals surface area contributed by atoms with E-state index in [0.29, 0.717) is 5.75 Å². The first-order valence-electron chi connectivity index (χ1n) is 8.83. The molecular formula is C22H18BrN3O2. The fourth-order valence-electron chi connectivity index (χ4n) is 3.17. The van der Waals surface area contributed by atoms with Gasteiger partial charge in [0.15, 0.2) is 6.61 Å². The first-order chi connectivity index (χ1) is 13.6. The average molecular weight is 436 g/mol. The number of carbonyl (C=O) groups is 1. The zero-order valence-electron chi connectivity index (χ0n) is 15.2. The number of para-hydroxylation sites is 1. The molecule has 0 atom stereocenters. The van der Waals surface area contributed by atoms with Crippen LogP contribution in [0.25, 0.3) is 21.7 Å². The number of nitrogens with zero attached hydrogens (tertiary/aromatic N) is 1. The number of carbonyl (C=O) groups excluding carboxylic acids is 1. The number of ether oxygens (including phenoxy) is 1. The fraction of sp³-hybridized carbons (Fsp3) is 0.0909. The van der Waals surface area contributed by atoms with Gasteiger partial charge in [0.1, 0.15) is 5.75 Å². The second-order valence-corrected chi connectivity index (χ2v) is 7.24. The number of nitrogens with one attached hydrogen (secondary N) is 2. The molecule has 0 saturated carbocycles. The summed E-state index contributed by atoms with van der Waals surface area (Å²) in [6.07, 6.45) is 1.65. The second kappa shape index (κ2) is 7.86. The molecule has 3 aromatic carbocycles. The van der Waals surface area contributed by atoms with Crippen LogP contribution in [0.3, 0.4) is 0 Å². The number of hydrogen-bond acceptors (Lipinski definition) is 3. The van der Waals surface area contributed by atoms with Crippen molar-refractivity contribution in [2.75, 3.05) is 6.61 Å². The molecule has 5 nitrogen and oxygen atoms in total. The van der Waals surface area contributed by atoms with E-state index in [1.807, 2.05) is 67.6 Å². The summed E-state index contributed by atoms with van der Waals surface area (Å²) in [5, 5.41) is 7.13. The molecule has 0 aliphatic heterocycles. The molecule has 0 radical (unpaired) electrons. The molecule has 1 heterocycles. The Morgan fingerprint density at radius 2 is 1.79 bits per heavy atom. The highest BCUT2D eigenvalue weighted by Crippen LogP contribution is 2.31. The summed E-state index contributed by atoms with van der Waals surface area (Å²) in [4.78, 5) is 15.4. The Balaban J connectivity index is 1.42. The number of aromatic nitrogens is 1. The van der Waals surface area contributed by atoms with Gasteiger partial charge in [0.05, 0.1) is 6.21 Å². The third kappa shape index (κ3) is 3.64. The molecule has 6 heteroatoms. The van der Waals surface area contributed by atoms with Gasteiger partial charge in [0.25, 0.3) is 5.91 Å². The van der Waals surface area contributed by atoms with Gasteiger partial charge in [-0.3, -0.25) is 4.79 Å². The van der Waals surface area contributed by atoms with E-state index in [1.54, 1.807) is 6.21 Å². The molecule has 4 aromatic rings. The summed E-state index contributed by atoms with van der Waals surface area (Å²) < 4.78 is 6.69. The molecule has 140 valence electrons. The number of fused-ring (bicyclic) bond motifs is 2. The van der Waals surface area contributed by atoms with Crippen molar-refractivity contribution >= 4 is 49.7 Å². The molecule has 0 saturated heterocycles. The Morgan fingerprint density at radius 1 is 1.07 bits per heavy atom. The summed E-state index contributed by atoms with van der Waals surface area (Å²) in [5.41, 5.74) is 5.52. The minimum absolute atomic E-state index is 0.115. The molecule has 0 aliphatic carbocycles. The van der Waals surface area contributed by atoms with Gasteiger partial charge in [0.2, 0.25) is 0 Å². The quantitative estimate of drug-likeness (QED) is 0.345. The molecule has 0 spiro atoms. The third-order valence-corrected chi connectivity index (χ3v) is 5.21. The summed E-state index contributed by atoms with van der Waals surface area (Å²) in [6.45, 7) is 1.86. The Labute approximate surface area is 170 Å². The van der Waals surface area contributed by atoms with Crippen molar-refractivity contribution in [1.82, 2.24) is 10.4 Å². The predicted molar refractivity (Wildman–Crippen MR) is 116 cm³/mol. The van der Waals surface area contributed by atoms with Gasteiger partial charge in [-0.25, -0.2) is 5.43 Å². The van der Waals surface area contributed by atoms with Crippen LogP contribution < -0.4 is 10.2 Å². The number of H-pyrrole nitrogens is 1. The topological polar surface area (TPSA) is 66.5 Å². The third-order valence-electron chi connectivity index (χ3n) is 4.52. The molecule has 0 bridgehead atoms. The first-order valence-corrected chi connectivity index (χ1v) is 9.62. The fourth-order valence-corrected chi connectivity index (χ4v) is 3.65. The lowest BCUT2D eigenvalue weighted by Crippen LogP contribution is -2.24.